The largest absolute Gasteiger partial charge is 0.301 e. The second-order valence-electron chi connectivity index (χ2n) is 10.2. The number of hydrogen-bond acceptors (Lipinski definition) is 1. The second-order valence-corrected chi connectivity index (χ2v) is 10.2. The number of nitrogens with zero attached hydrogens (tertiary/aromatic N) is 1. The van der Waals surface area contributed by atoms with Gasteiger partial charge in [-0.1, -0.05) is 30.3 Å². The molecule has 1 saturated heterocycles. The van der Waals surface area contributed by atoms with Crippen molar-refractivity contribution in [2.24, 2.45) is 23.2 Å². The summed E-state index contributed by atoms with van der Waals surface area (Å²) in [5.74, 6) is 4.10. The van der Waals surface area contributed by atoms with Crippen molar-refractivity contribution in [1.29, 1.82) is 0 Å². The molecule has 6 rings (SSSR count). The summed E-state index contributed by atoms with van der Waals surface area (Å²) in [7, 11) is 0. The van der Waals surface area contributed by atoms with Gasteiger partial charge in [0.15, 0.2) is 0 Å². The maximum atomic E-state index is 2.83. The van der Waals surface area contributed by atoms with Crippen molar-refractivity contribution in [2.45, 2.75) is 76.7 Å². The van der Waals surface area contributed by atoms with E-state index in [0.717, 1.165) is 35.1 Å². The molecule has 0 spiro atoms. The first-order valence-corrected chi connectivity index (χ1v) is 11.0. The Morgan fingerprint density at radius 1 is 0.923 bits per heavy atom. The van der Waals surface area contributed by atoms with E-state index in [1.54, 1.807) is 44.1 Å². The number of piperidine rings is 1. The molecule has 4 aliphatic carbocycles. The van der Waals surface area contributed by atoms with Gasteiger partial charge in [0.2, 0.25) is 0 Å². The molecule has 4 saturated carbocycles. The molecule has 1 heterocycles. The molecule has 1 aromatic carbocycles. The third kappa shape index (κ3) is 3.59. The summed E-state index contributed by atoms with van der Waals surface area (Å²) in [6, 6.07) is 12.0. The Morgan fingerprint density at radius 3 is 2.12 bits per heavy atom. The van der Waals surface area contributed by atoms with Crippen LogP contribution in [0.5, 0.6) is 0 Å². The van der Waals surface area contributed by atoms with Crippen molar-refractivity contribution in [3.63, 3.8) is 0 Å². The van der Waals surface area contributed by atoms with E-state index in [1.165, 1.54) is 32.4 Å². The Morgan fingerprint density at radius 2 is 1.54 bits per heavy atom. The standard InChI is InChI=1S/C24H35N.ClH/c1-18-11-23(22-5-3-2-4-6-22)7-9-25(18)10-8-24-15-19-12-20(16-24)14-21(13-19)17-24;/h2-6,18-21,23H,7-17H2,1H3;1H. The lowest BCUT2D eigenvalue weighted by Gasteiger charge is -2.57. The Hall–Kier alpha value is -0.530. The third-order valence-corrected chi connectivity index (χ3v) is 8.38. The fraction of sp³-hybridized carbons (Fsp3) is 0.750. The number of hydrogen-bond donors (Lipinski definition) is 0. The molecule has 5 aliphatic rings. The fourth-order valence-corrected chi connectivity index (χ4v) is 7.56. The summed E-state index contributed by atoms with van der Waals surface area (Å²) in [4.78, 5) is 2.83. The highest BCUT2D eigenvalue weighted by molar-refractivity contribution is 5.85. The highest BCUT2D eigenvalue weighted by atomic mass is 35.5. The maximum Gasteiger partial charge on any atom is 0.00727 e. The van der Waals surface area contributed by atoms with Crippen LogP contribution in [0, 0.1) is 23.2 Å². The van der Waals surface area contributed by atoms with E-state index in [2.05, 4.69) is 42.2 Å². The normalized spacial score (nSPS) is 41.8. The first kappa shape index (κ1) is 18.8. The summed E-state index contributed by atoms with van der Waals surface area (Å²) < 4.78 is 0. The minimum absolute atomic E-state index is 0. The van der Waals surface area contributed by atoms with Crippen LogP contribution in [0.3, 0.4) is 0 Å². The third-order valence-electron chi connectivity index (χ3n) is 8.38. The molecule has 2 unspecified atom stereocenters. The van der Waals surface area contributed by atoms with Gasteiger partial charge in [0.1, 0.15) is 0 Å². The van der Waals surface area contributed by atoms with Crippen LogP contribution in [0.25, 0.3) is 0 Å². The second kappa shape index (κ2) is 7.47. The molecule has 0 aromatic heterocycles. The van der Waals surface area contributed by atoms with Crippen LogP contribution in [0.4, 0.5) is 0 Å². The van der Waals surface area contributed by atoms with E-state index in [9.17, 15) is 0 Å². The first-order chi connectivity index (χ1) is 12.2. The van der Waals surface area contributed by atoms with Crippen LogP contribution < -0.4 is 0 Å². The van der Waals surface area contributed by atoms with Gasteiger partial charge in [0, 0.05) is 6.04 Å². The van der Waals surface area contributed by atoms with E-state index >= 15 is 0 Å². The predicted octanol–water partition coefficient (Wildman–Crippen LogP) is 6.28. The SMILES string of the molecule is CC1CC(c2ccccc2)CCN1CCC12CC3CC(CC(C3)C1)C2.Cl. The zero-order valence-corrected chi connectivity index (χ0v) is 17.2. The first-order valence-electron chi connectivity index (χ1n) is 11.0. The molecule has 1 aliphatic heterocycles. The Balaban J connectivity index is 0.00000168. The smallest absolute Gasteiger partial charge is 0.00727 e. The minimum Gasteiger partial charge on any atom is -0.301 e. The summed E-state index contributed by atoms with van der Waals surface area (Å²) in [6.07, 6.45) is 13.7. The van der Waals surface area contributed by atoms with Gasteiger partial charge in [-0.25, -0.2) is 0 Å². The quantitative estimate of drug-likeness (QED) is 0.600. The molecule has 144 valence electrons. The molecule has 5 fully saturated rings. The number of benzene rings is 1. The van der Waals surface area contributed by atoms with Crippen LogP contribution in [-0.4, -0.2) is 24.0 Å². The van der Waals surface area contributed by atoms with Crippen LogP contribution in [0.1, 0.15) is 76.2 Å². The summed E-state index contributed by atoms with van der Waals surface area (Å²) in [5.41, 5.74) is 2.32. The highest BCUT2D eigenvalue weighted by Gasteiger charge is 2.50. The van der Waals surface area contributed by atoms with Crippen molar-refractivity contribution in [3.8, 4) is 0 Å². The molecular weight excluding hydrogens is 338 g/mol. The summed E-state index contributed by atoms with van der Waals surface area (Å²) in [6.45, 7) is 5.16. The number of rotatable bonds is 4. The van der Waals surface area contributed by atoms with Crippen molar-refractivity contribution in [2.75, 3.05) is 13.1 Å². The molecule has 26 heavy (non-hydrogen) atoms. The average Bonchev–Trinajstić information content (AvgIpc) is 2.60. The molecular formula is C24H36ClN. The molecule has 0 radical (unpaired) electrons. The molecule has 1 nitrogen and oxygen atoms in total. The Kier molecular flexibility index (Phi) is 5.41. The number of likely N-dealkylation sites (tertiary alicyclic amines) is 1. The van der Waals surface area contributed by atoms with E-state index < -0.39 is 0 Å². The van der Waals surface area contributed by atoms with Crippen LogP contribution >= 0.6 is 12.4 Å². The van der Waals surface area contributed by atoms with Gasteiger partial charge in [-0.15, -0.1) is 12.4 Å². The van der Waals surface area contributed by atoms with Gasteiger partial charge >= 0.3 is 0 Å². The van der Waals surface area contributed by atoms with Crippen LogP contribution in [0.2, 0.25) is 0 Å². The monoisotopic (exact) mass is 373 g/mol. The van der Waals surface area contributed by atoms with Crippen molar-refractivity contribution in [3.05, 3.63) is 35.9 Å². The molecule has 4 bridgehead atoms. The Bertz CT molecular complexity index is 562. The summed E-state index contributed by atoms with van der Waals surface area (Å²) >= 11 is 0. The van der Waals surface area contributed by atoms with Crippen molar-refractivity contribution >= 4 is 12.4 Å². The predicted molar refractivity (Wildman–Crippen MR) is 112 cm³/mol. The van der Waals surface area contributed by atoms with E-state index in [4.69, 9.17) is 0 Å². The van der Waals surface area contributed by atoms with Gasteiger partial charge in [-0.2, -0.15) is 0 Å². The number of halogens is 1. The molecule has 2 atom stereocenters. The van der Waals surface area contributed by atoms with Crippen molar-refractivity contribution < 1.29 is 0 Å². The highest BCUT2D eigenvalue weighted by Crippen LogP contribution is 2.61. The molecule has 0 N–H and O–H groups in total. The van der Waals surface area contributed by atoms with E-state index in [1.807, 2.05) is 0 Å². The molecule has 0 amide bonds. The topological polar surface area (TPSA) is 3.24 Å². The molecule has 2 heteroatoms. The maximum absolute atomic E-state index is 2.83. The minimum atomic E-state index is 0. The van der Waals surface area contributed by atoms with Gasteiger partial charge in [0.25, 0.3) is 0 Å². The van der Waals surface area contributed by atoms with E-state index in [-0.39, 0.29) is 12.4 Å². The van der Waals surface area contributed by atoms with Crippen molar-refractivity contribution in [1.82, 2.24) is 4.90 Å². The average molecular weight is 374 g/mol. The van der Waals surface area contributed by atoms with Gasteiger partial charge < -0.3 is 4.90 Å². The van der Waals surface area contributed by atoms with Gasteiger partial charge in [0.05, 0.1) is 0 Å². The molecule has 1 aromatic rings. The lowest BCUT2D eigenvalue weighted by Crippen LogP contribution is -2.48. The van der Waals surface area contributed by atoms with Crippen LogP contribution in [0.15, 0.2) is 30.3 Å². The lowest BCUT2D eigenvalue weighted by atomic mass is 9.49. The zero-order chi connectivity index (χ0) is 16.9. The van der Waals surface area contributed by atoms with Gasteiger partial charge in [-0.05, 0) is 112 Å². The van der Waals surface area contributed by atoms with Gasteiger partial charge in [-0.3, -0.25) is 0 Å². The van der Waals surface area contributed by atoms with E-state index in [0.29, 0.717) is 0 Å². The Labute approximate surface area is 166 Å². The lowest BCUT2D eigenvalue weighted by molar-refractivity contribution is -0.0632. The zero-order valence-electron chi connectivity index (χ0n) is 16.4. The fourth-order valence-electron chi connectivity index (χ4n) is 7.56. The summed E-state index contributed by atoms with van der Waals surface area (Å²) in [5, 5.41) is 0. The van der Waals surface area contributed by atoms with Crippen LogP contribution in [-0.2, 0) is 0 Å².